The van der Waals surface area contributed by atoms with Crippen molar-refractivity contribution >= 4 is 29.7 Å². The smallest absolute Gasteiger partial charge is 0.237 e. The average Bonchev–Trinajstić information content (AvgIpc) is 3.28. The van der Waals surface area contributed by atoms with Crippen molar-refractivity contribution in [2.45, 2.75) is 25.9 Å². The van der Waals surface area contributed by atoms with E-state index in [2.05, 4.69) is 11.4 Å². The first-order chi connectivity index (χ1) is 11.8. The average molecular weight is 381 g/mol. The second kappa shape index (κ2) is 9.80. The number of para-hydroxylation sites is 1. The van der Waals surface area contributed by atoms with E-state index in [4.69, 9.17) is 4.74 Å². The van der Waals surface area contributed by atoms with E-state index < -0.39 is 0 Å². The highest BCUT2D eigenvalue weighted by molar-refractivity contribution is 7.09. The summed E-state index contributed by atoms with van der Waals surface area (Å²) < 4.78 is 5.43. The molecule has 1 aliphatic carbocycles. The van der Waals surface area contributed by atoms with Crippen LogP contribution < -0.4 is 10.1 Å². The highest BCUT2D eigenvalue weighted by Crippen LogP contribution is 2.27. The molecule has 0 radical (unpaired) electrons. The van der Waals surface area contributed by atoms with Crippen molar-refractivity contribution in [1.82, 2.24) is 10.2 Å². The van der Waals surface area contributed by atoms with Crippen molar-refractivity contribution in [3.05, 3.63) is 52.2 Å². The van der Waals surface area contributed by atoms with Crippen LogP contribution in [0.4, 0.5) is 0 Å². The Morgan fingerprint density at radius 2 is 2.04 bits per heavy atom. The van der Waals surface area contributed by atoms with Gasteiger partial charge in [-0.2, -0.15) is 0 Å². The number of nitrogens with zero attached hydrogens (tertiary/aromatic N) is 1. The van der Waals surface area contributed by atoms with Gasteiger partial charge in [-0.3, -0.25) is 4.79 Å². The molecular formula is C19H25ClN2O2S. The van der Waals surface area contributed by atoms with E-state index in [1.54, 1.807) is 18.4 Å². The molecule has 25 heavy (non-hydrogen) atoms. The van der Waals surface area contributed by atoms with Gasteiger partial charge in [0, 0.05) is 17.0 Å². The van der Waals surface area contributed by atoms with E-state index >= 15 is 0 Å². The van der Waals surface area contributed by atoms with Crippen molar-refractivity contribution in [2.75, 3.05) is 20.2 Å². The fourth-order valence-corrected chi connectivity index (χ4v) is 3.40. The zero-order valence-electron chi connectivity index (χ0n) is 14.4. The van der Waals surface area contributed by atoms with Crippen molar-refractivity contribution < 1.29 is 9.53 Å². The Kier molecular flexibility index (Phi) is 7.75. The molecule has 136 valence electrons. The predicted octanol–water partition coefficient (Wildman–Crippen LogP) is 3.71. The van der Waals surface area contributed by atoms with Gasteiger partial charge in [-0.15, -0.1) is 23.7 Å². The molecule has 1 N–H and O–H groups in total. The predicted molar refractivity (Wildman–Crippen MR) is 104 cm³/mol. The number of thiophene rings is 1. The van der Waals surface area contributed by atoms with E-state index in [-0.39, 0.29) is 18.3 Å². The van der Waals surface area contributed by atoms with Crippen LogP contribution in [0.1, 0.15) is 23.3 Å². The third kappa shape index (κ3) is 6.03. The number of benzene rings is 1. The highest BCUT2D eigenvalue weighted by Gasteiger charge is 2.22. The van der Waals surface area contributed by atoms with Crippen LogP contribution in [-0.2, 0) is 17.9 Å². The third-order valence-corrected chi connectivity index (χ3v) is 5.10. The summed E-state index contributed by atoms with van der Waals surface area (Å²) in [7, 11) is 1.67. The molecule has 4 nitrogen and oxygen atoms in total. The topological polar surface area (TPSA) is 41.6 Å². The maximum absolute atomic E-state index is 12.7. The van der Waals surface area contributed by atoms with Gasteiger partial charge in [0.1, 0.15) is 5.75 Å². The number of amides is 1. The lowest BCUT2D eigenvalue weighted by Crippen LogP contribution is -2.38. The first-order valence-electron chi connectivity index (χ1n) is 8.39. The van der Waals surface area contributed by atoms with Crippen LogP contribution in [0.25, 0.3) is 0 Å². The first-order valence-corrected chi connectivity index (χ1v) is 9.27. The molecule has 0 unspecified atom stereocenters. The van der Waals surface area contributed by atoms with Gasteiger partial charge >= 0.3 is 0 Å². The Balaban J connectivity index is 0.00000225. The minimum absolute atomic E-state index is 0. The molecule has 3 rings (SSSR count). The molecule has 0 spiro atoms. The highest BCUT2D eigenvalue weighted by atomic mass is 35.5. The largest absolute Gasteiger partial charge is 0.496 e. The molecular weight excluding hydrogens is 356 g/mol. The van der Waals surface area contributed by atoms with Crippen LogP contribution in [0.2, 0.25) is 0 Å². The van der Waals surface area contributed by atoms with E-state index in [1.807, 2.05) is 40.6 Å². The number of methoxy groups -OCH3 is 1. The van der Waals surface area contributed by atoms with Crippen molar-refractivity contribution in [2.24, 2.45) is 5.92 Å². The minimum Gasteiger partial charge on any atom is -0.496 e. The maximum atomic E-state index is 12.7. The van der Waals surface area contributed by atoms with Crippen LogP contribution >= 0.6 is 23.7 Å². The summed E-state index contributed by atoms with van der Waals surface area (Å²) in [5.74, 6) is 1.74. The molecule has 0 saturated heterocycles. The first kappa shape index (κ1) is 19.8. The molecule has 1 fully saturated rings. The fourth-order valence-electron chi connectivity index (χ4n) is 2.68. The summed E-state index contributed by atoms with van der Waals surface area (Å²) in [5, 5.41) is 5.35. The van der Waals surface area contributed by atoms with Gasteiger partial charge in [0.25, 0.3) is 0 Å². The summed E-state index contributed by atoms with van der Waals surface area (Å²) in [6.07, 6.45) is 2.59. The molecule has 1 aromatic heterocycles. The van der Waals surface area contributed by atoms with Gasteiger partial charge in [0.2, 0.25) is 5.91 Å². The quantitative estimate of drug-likeness (QED) is 0.721. The van der Waals surface area contributed by atoms with Crippen LogP contribution in [-0.4, -0.2) is 31.0 Å². The van der Waals surface area contributed by atoms with Gasteiger partial charge in [-0.25, -0.2) is 0 Å². The van der Waals surface area contributed by atoms with Gasteiger partial charge < -0.3 is 15.0 Å². The van der Waals surface area contributed by atoms with E-state index in [0.717, 1.165) is 23.8 Å². The second-order valence-electron chi connectivity index (χ2n) is 6.22. The molecule has 1 amide bonds. The molecule has 1 aliphatic rings. The third-order valence-electron chi connectivity index (χ3n) is 4.24. The Morgan fingerprint density at radius 3 is 2.72 bits per heavy atom. The molecule has 6 heteroatoms. The Morgan fingerprint density at radius 1 is 1.24 bits per heavy atom. The second-order valence-corrected chi connectivity index (χ2v) is 7.25. The number of halogens is 1. The summed E-state index contributed by atoms with van der Waals surface area (Å²) in [4.78, 5) is 15.8. The van der Waals surface area contributed by atoms with Crippen molar-refractivity contribution in [3.8, 4) is 5.75 Å². The lowest BCUT2D eigenvalue weighted by atomic mass is 10.2. The zero-order valence-corrected chi connectivity index (χ0v) is 16.1. The summed E-state index contributed by atoms with van der Waals surface area (Å²) >= 11 is 1.68. The number of carbonyl (C=O) groups excluding carboxylic acids is 1. The Bertz CT molecular complexity index is 659. The van der Waals surface area contributed by atoms with E-state index in [1.165, 1.54) is 17.7 Å². The summed E-state index contributed by atoms with van der Waals surface area (Å²) in [5.41, 5.74) is 1.03. The van der Waals surface area contributed by atoms with Crippen LogP contribution in [0.3, 0.4) is 0 Å². The minimum atomic E-state index is 0. The molecule has 1 aromatic carbocycles. The fraction of sp³-hybridized carbons (Fsp3) is 0.421. The Labute approximate surface area is 159 Å². The van der Waals surface area contributed by atoms with Gasteiger partial charge in [0.05, 0.1) is 20.2 Å². The van der Waals surface area contributed by atoms with Crippen LogP contribution in [0, 0.1) is 5.92 Å². The van der Waals surface area contributed by atoms with Crippen LogP contribution in [0.5, 0.6) is 5.75 Å². The van der Waals surface area contributed by atoms with Crippen molar-refractivity contribution in [3.63, 3.8) is 0 Å². The maximum Gasteiger partial charge on any atom is 0.237 e. The number of nitrogens with one attached hydrogen (secondary N) is 1. The number of ether oxygens (including phenoxy) is 1. The summed E-state index contributed by atoms with van der Waals surface area (Å²) in [6, 6.07) is 12.0. The standard InChI is InChI=1S/C19H24N2O2S.ClH/c1-23-18-7-3-2-5-16(18)13-21(14-17-6-4-10-24-17)19(22)12-20-11-15-8-9-15;/h2-7,10,15,20H,8-9,11-14H2,1H3;1H. The summed E-state index contributed by atoms with van der Waals surface area (Å²) in [6.45, 7) is 2.55. The van der Waals surface area contributed by atoms with Crippen molar-refractivity contribution in [1.29, 1.82) is 0 Å². The lowest BCUT2D eigenvalue weighted by molar-refractivity contribution is -0.131. The SMILES string of the molecule is COc1ccccc1CN(Cc1cccs1)C(=O)CNCC1CC1.Cl. The van der Waals surface area contributed by atoms with E-state index in [0.29, 0.717) is 19.6 Å². The van der Waals surface area contributed by atoms with Gasteiger partial charge in [0.15, 0.2) is 0 Å². The number of hydrogen-bond acceptors (Lipinski definition) is 4. The molecule has 0 bridgehead atoms. The molecule has 1 heterocycles. The van der Waals surface area contributed by atoms with Gasteiger partial charge in [-0.05, 0) is 42.8 Å². The molecule has 2 aromatic rings. The zero-order chi connectivity index (χ0) is 16.8. The van der Waals surface area contributed by atoms with Gasteiger partial charge in [-0.1, -0.05) is 24.3 Å². The lowest BCUT2D eigenvalue weighted by Gasteiger charge is -2.23. The van der Waals surface area contributed by atoms with Crippen LogP contribution in [0.15, 0.2) is 41.8 Å². The Hall–Kier alpha value is -1.56. The number of hydrogen-bond donors (Lipinski definition) is 1. The number of rotatable bonds is 9. The monoisotopic (exact) mass is 380 g/mol. The molecule has 0 atom stereocenters. The normalized spacial score (nSPS) is 13.2. The number of carbonyl (C=O) groups is 1. The molecule has 0 aliphatic heterocycles. The van der Waals surface area contributed by atoms with E-state index in [9.17, 15) is 4.79 Å². The molecule has 1 saturated carbocycles.